The molecule has 0 aromatic heterocycles. The van der Waals surface area contributed by atoms with E-state index in [2.05, 4.69) is 54.0 Å². The maximum Gasteiger partial charge on any atom is 0.262 e. The van der Waals surface area contributed by atoms with E-state index in [1.54, 1.807) is 6.07 Å². The molecule has 0 radical (unpaired) electrons. The van der Waals surface area contributed by atoms with Crippen molar-refractivity contribution in [3.05, 3.63) is 83.4 Å². The van der Waals surface area contributed by atoms with Crippen molar-refractivity contribution in [1.82, 2.24) is 5.32 Å². The number of benzene rings is 3. The fraction of sp³-hybridized carbons (Fsp3) is 0.548. The molecule has 9 heteroatoms. The number of ether oxygens (including phenoxy) is 3. The normalized spacial score (nSPS) is 24.7. The van der Waals surface area contributed by atoms with Gasteiger partial charge in [-0.05, 0) is 74.4 Å². The van der Waals surface area contributed by atoms with Gasteiger partial charge in [-0.2, -0.15) is 0 Å². The van der Waals surface area contributed by atoms with Crippen molar-refractivity contribution in [2.24, 2.45) is 11.8 Å². The minimum atomic E-state index is -0.904. The number of piperidine rings is 3. The molecule has 3 saturated heterocycles. The fourth-order valence-electron chi connectivity index (χ4n) is 9.16. The van der Waals surface area contributed by atoms with Gasteiger partial charge in [0.1, 0.15) is 35.5 Å². The summed E-state index contributed by atoms with van der Waals surface area (Å²) in [5.74, 6) is 2.33. The largest absolute Gasteiger partial charge is 0.508 e. The van der Waals surface area contributed by atoms with Crippen LogP contribution in [-0.4, -0.2) is 85.3 Å². The Morgan fingerprint density at radius 2 is 1.80 bits per heavy atom. The molecule has 1 aliphatic carbocycles. The number of nitrogens with zero attached hydrogens (tertiary/aromatic N) is 1. The summed E-state index contributed by atoms with van der Waals surface area (Å²) >= 11 is 0. The molecule has 3 aromatic carbocycles. The number of hydrogen-bond donors (Lipinski definition) is 4. The van der Waals surface area contributed by atoms with Crippen molar-refractivity contribution in [2.45, 2.75) is 82.5 Å². The van der Waals surface area contributed by atoms with Crippen LogP contribution >= 0.6 is 0 Å². The summed E-state index contributed by atoms with van der Waals surface area (Å²) in [5, 5.41) is 28.5. The number of anilines is 1. The van der Waals surface area contributed by atoms with Crippen LogP contribution in [-0.2, 0) is 28.0 Å². The number of hydrogen-bond acceptors (Lipinski definition) is 7. The van der Waals surface area contributed by atoms with Crippen molar-refractivity contribution in [3.8, 4) is 17.2 Å². The van der Waals surface area contributed by atoms with Gasteiger partial charge in [0.15, 0.2) is 6.61 Å². The molecule has 1 unspecified atom stereocenters. The zero-order valence-corrected chi connectivity index (χ0v) is 30.2. The number of phenolic OH excluding ortho intramolecular Hbond substituents is 1. The van der Waals surface area contributed by atoms with Gasteiger partial charge in [0, 0.05) is 42.9 Å². The molecule has 274 valence electrons. The minimum Gasteiger partial charge on any atom is -0.508 e. The number of carbonyl (C=O) groups is 1. The van der Waals surface area contributed by atoms with Gasteiger partial charge in [0.2, 0.25) is 0 Å². The SMILES string of the molecule is CC(Cc1ccc(OCCC[N+]23CCC(CC2)[C@H](OC[C@](O)(c2ccccc2)C2CCCC2)C3)cc1)NCCc1cc(O)cc2c1OCC(=O)N2. The molecule has 5 aliphatic rings. The smallest absolute Gasteiger partial charge is 0.262 e. The molecule has 8 rings (SSSR count). The van der Waals surface area contributed by atoms with Crippen LogP contribution < -0.4 is 20.1 Å². The molecule has 2 bridgehead atoms. The van der Waals surface area contributed by atoms with Gasteiger partial charge in [-0.1, -0.05) is 55.3 Å². The van der Waals surface area contributed by atoms with Crippen LogP contribution in [0.4, 0.5) is 5.69 Å². The summed E-state index contributed by atoms with van der Waals surface area (Å²) < 4.78 is 19.7. The molecule has 4 heterocycles. The summed E-state index contributed by atoms with van der Waals surface area (Å²) in [7, 11) is 0. The summed E-state index contributed by atoms with van der Waals surface area (Å²) in [4.78, 5) is 11.7. The molecule has 3 atom stereocenters. The highest BCUT2D eigenvalue weighted by Gasteiger charge is 2.48. The van der Waals surface area contributed by atoms with E-state index < -0.39 is 5.60 Å². The Morgan fingerprint density at radius 1 is 1.04 bits per heavy atom. The van der Waals surface area contributed by atoms with Crippen LogP contribution in [0.2, 0.25) is 0 Å². The first-order chi connectivity index (χ1) is 24.8. The zero-order valence-electron chi connectivity index (χ0n) is 30.2. The lowest BCUT2D eigenvalue weighted by molar-refractivity contribution is -0.946. The minimum absolute atomic E-state index is 0.00660. The van der Waals surface area contributed by atoms with Gasteiger partial charge in [0.05, 0.1) is 38.5 Å². The number of aliphatic hydroxyl groups is 1. The van der Waals surface area contributed by atoms with Crippen LogP contribution in [0, 0.1) is 11.8 Å². The highest BCUT2D eigenvalue weighted by atomic mass is 16.5. The molecule has 0 spiro atoms. The molecule has 3 aromatic rings. The van der Waals surface area contributed by atoms with Crippen molar-refractivity contribution in [3.63, 3.8) is 0 Å². The molecule has 4 N–H and O–H groups in total. The maximum atomic E-state index is 12.0. The number of phenols is 1. The van der Waals surface area contributed by atoms with Crippen LogP contribution in [0.3, 0.4) is 0 Å². The van der Waals surface area contributed by atoms with Gasteiger partial charge in [-0.15, -0.1) is 0 Å². The third kappa shape index (κ3) is 8.54. The molecule has 1 amide bonds. The second-order valence-electron chi connectivity index (χ2n) is 15.6. The lowest BCUT2D eigenvalue weighted by Crippen LogP contribution is -2.65. The molecule has 51 heavy (non-hydrogen) atoms. The zero-order chi connectivity index (χ0) is 35.3. The number of amides is 1. The summed E-state index contributed by atoms with van der Waals surface area (Å²) in [6.07, 6.45) is 9.75. The van der Waals surface area contributed by atoms with E-state index in [4.69, 9.17) is 14.2 Å². The van der Waals surface area contributed by atoms with Crippen molar-refractivity contribution >= 4 is 11.6 Å². The predicted molar refractivity (Wildman–Crippen MR) is 198 cm³/mol. The van der Waals surface area contributed by atoms with E-state index in [0.29, 0.717) is 37.0 Å². The maximum absolute atomic E-state index is 12.0. The number of fused-ring (bicyclic) bond motifs is 4. The van der Waals surface area contributed by atoms with Crippen LogP contribution in [0.15, 0.2) is 66.7 Å². The van der Waals surface area contributed by atoms with Crippen molar-refractivity contribution in [2.75, 3.05) is 57.9 Å². The Bertz CT molecular complexity index is 1600. The Kier molecular flexibility index (Phi) is 11.2. The van der Waals surface area contributed by atoms with E-state index in [9.17, 15) is 15.0 Å². The van der Waals surface area contributed by atoms with Crippen LogP contribution in [0.5, 0.6) is 17.2 Å². The van der Waals surface area contributed by atoms with Crippen molar-refractivity contribution in [1.29, 1.82) is 0 Å². The summed E-state index contributed by atoms with van der Waals surface area (Å²) in [5.41, 5.74) is 2.75. The summed E-state index contributed by atoms with van der Waals surface area (Å²) in [6, 6.07) is 22.2. The Morgan fingerprint density at radius 3 is 2.57 bits per heavy atom. The molecule has 9 nitrogen and oxygen atoms in total. The lowest BCUT2D eigenvalue weighted by atomic mass is 9.80. The highest BCUT2D eigenvalue weighted by Crippen LogP contribution is 2.43. The van der Waals surface area contributed by atoms with Gasteiger partial charge in [0.25, 0.3) is 5.91 Å². The van der Waals surface area contributed by atoms with Gasteiger partial charge < -0.3 is 39.5 Å². The lowest BCUT2D eigenvalue weighted by Gasteiger charge is -2.53. The van der Waals surface area contributed by atoms with Crippen LogP contribution in [0.25, 0.3) is 0 Å². The first kappa shape index (κ1) is 35.8. The van der Waals surface area contributed by atoms with Crippen molar-refractivity contribution < 1.29 is 33.7 Å². The monoisotopic (exact) mass is 698 g/mol. The average Bonchev–Trinajstić information content (AvgIpc) is 3.70. The number of aromatic hydroxyl groups is 1. The second kappa shape index (κ2) is 15.9. The number of carbonyl (C=O) groups excluding carboxylic acids is 1. The van der Waals surface area contributed by atoms with Crippen LogP contribution in [0.1, 0.15) is 68.6 Å². The average molecular weight is 699 g/mol. The first-order valence-corrected chi connectivity index (χ1v) is 19.3. The first-order valence-electron chi connectivity index (χ1n) is 19.3. The number of nitrogens with one attached hydrogen (secondary N) is 2. The molecule has 4 aliphatic heterocycles. The van der Waals surface area contributed by atoms with E-state index in [0.717, 1.165) is 66.7 Å². The van der Waals surface area contributed by atoms with Gasteiger partial charge in [-0.25, -0.2) is 0 Å². The van der Waals surface area contributed by atoms with Gasteiger partial charge in [-0.3, -0.25) is 4.79 Å². The number of quaternary nitrogens is 1. The molecule has 4 fully saturated rings. The quantitative estimate of drug-likeness (QED) is 0.108. The number of rotatable bonds is 16. The Hall–Kier alpha value is -3.63. The van der Waals surface area contributed by atoms with E-state index >= 15 is 0 Å². The topological polar surface area (TPSA) is 109 Å². The molecular weight excluding hydrogens is 642 g/mol. The fourth-order valence-corrected chi connectivity index (χ4v) is 9.16. The van der Waals surface area contributed by atoms with E-state index in [1.165, 1.54) is 50.4 Å². The van der Waals surface area contributed by atoms with E-state index in [-0.39, 0.29) is 36.3 Å². The van der Waals surface area contributed by atoms with Gasteiger partial charge >= 0.3 is 0 Å². The third-order valence-corrected chi connectivity index (χ3v) is 12.0. The molecular formula is C42H56N3O6+. The Labute approximate surface area is 302 Å². The third-order valence-electron chi connectivity index (χ3n) is 12.0. The molecule has 1 saturated carbocycles. The standard InChI is InChI=1S/C42H55N3O6/c1-30(43-19-16-33-25-36(46)26-38-41(33)50-28-40(47)44-38)24-31-12-14-37(15-13-31)49-23-7-20-45-21-17-32(18-22-45)39(27-45)51-29-42(48,35-10-5-6-11-35)34-8-3-2-4-9-34/h2-4,8-9,12-15,25-26,30,32,35,39,43,48H,5-7,10-11,16-24,27-29H2,1H3,(H-,44,46,47)/p+1/t30?,32?,39-,42+,45?/m1/s1. The highest BCUT2D eigenvalue weighted by molar-refractivity contribution is 5.96. The second-order valence-corrected chi connectivity index (χ2v) is 15.6. The van der Waals surface area contributed by atoms with E-state index in [1.807, 2.05) is 18.2 Å². The summed E-state index contributed by atoms with van der Waals surface area (Å²) in [6.45, 7) is 8.58. The predicted octanol–water partition coefficient (Wildman–Crippen LogP) is 5.96. The Balaban J connectivity index is 0.837.